The monoisotopic (exact) mass is 380 g/mol. The highest BCUT2D eigenvalue weighted by Crippen LogP contribution is 2.20. The molecule has 1 aliphatic heterocycles. The number of aryl methyl sites for hydroxylation is 1. The third kappa shape index (κ3) is 4.60. The first-order valence-corrected chi connectivity index (χ1v) is 8.94. The van der Waals surface area contributed by atoms with E-state index in [2.05, 4.69) is 20.3 Å². The van der Waals surface area contributed by atoms with E-state index in [1.807, 2.05) is 6.92 Å². The maximum Gasteiger partial charge on any atom is 0.243 e. The van der Waals surface area contributed by atoms with Gasteiger partial charge in [0.15, 0.2) is 0 Å². The molecule has 1 amide bonds. The molecule has 0 bridgehead atoms. The first-order chi connectivity index (χ1) is 12.4. The van der Waals surface area contributed by atoms with Gasteiger partial charge in [0, 0.05) is 43.8 Å². The zero-order valence-corrected chi connectivity index (χ0v) is 15.6. The summed E-state index contributed by atoms with van der Waals surface area (Å²) in [5.41, 5.74) is 1.63. The number of carbonyl (C=O) groups excluding carboxylic acids is 1. The average molecular weight is 381 g/mol. The summed E-state index contributed by atoms with van der Waals surface area (Å²) in [5, 5.41) is 6.95. The number of anilines is 1. The fourth-order valence-corrected chi connectivity index (χ4v) is 3.24. The largest absolute Gasteiger partial charge is 0.338 e. The maximum absolute atomic E-state index is 13.1. The number of rotatable bonds is 5. The standard InChI is InChI=1S/C18H22ClFN4O2/c1-12-9-17(26-22-12)21-18(25)13(2)24-7-5-23(6-8-24)11-14-3-4-15(20)10-16(14)19/h3-4,9-10,13H,5-8,11H2,1-2H3,(H,21,25). The molecule has 2 aromatic rings. The van der Waals surface area contributed by atoms with Gasteiger partial charge in [-0.25, -0.2) is 4.39 Å². The lowest BCUT2D eigenvalue weighted by Gasteiger charge is -2.37. The molecule has 3 rings (SSSR count). The fourth-order valence-electron chi connectivity index (χ4n) is 3.01. The van der Waals surface area contributed by atoms with E-state index in [0.29, 0.717) is 17.5 Å². The maximum atomic E-state index is 13.1. The number of amides is 1. The highest BCUT2D eigenvalue weighted by molar-refractivity contribution is 6.31. The molecule has 140 valence electrons. The smallest absolute Gasteiger partial charge is 0.243 e. The zero-order chi connectivity index (χ0) is 18.7. The lowest BCUT2D eigenvalue weighted by molar-refractivity contribution is -0.121. The molecule has 1 aliphatic rings. The average Bonchev–Trinajstić information content (AvgIpc) is 3.02. The van der Waals surface area contributed by atoms with Gasteiger partial charge in [-0.3, -0.25) is 19.9 Å². The van der Waals surface area contributed by atoms with Crippen molar-refractivity contribution in [2.75, 3.05) is 31.5 Å². The van der Waals surface area contributed by atoms with Crippen molar-refractivity contribution in [3.05, 3.63) is 46.4 Å². The van der Waals surface area contributed by atoms with Crippen LogP contribution in [0.5, 0.6) is 0 Å². The molecule has 1 aromatic carbocycles. The van der Waals surface area contributed by atoms with Gasteiger partial charge in [-0.05, 0) is 31.5 Å². The number of nitrogens with one attached hydrogen (secondary N) is 1. The molecular formula is C18H22ClFN4O2. The molecule has 0 saturated carbocycles. The summed E-state index contributed by atoms with van der Waals surface area (Å²) in [4.78, 5) is 16.7. The summed E-state index contributed by atoms with van der Waals surface area (Å²) >= 11 is 6.10. The third-order valence-corrected chi connectivity index (χ3v) is 4.97. The van der Waals surface area contributed by atoms with Gasteiger partial charge >= 0.3 is 0 Å². The van der Waals surface area contributed by atoms with Crippen LogP contribution < -0.4 is 5.32 Å². The Balaban J connectivity index is 1.50. The van der Waals surface area contributed by atoms with E-state index in [4.69, 9.17) is 16.1 Å². The van der Waals surface area contributed by atoms with Crippen LogP contribution in [0.15, 0.2) is 28.8 Å². The van der Waals surface area contributed by atoms with Crippen LogP contribution in [0.3, 0.4) is 0 Å². The van der Waals surface area contributed by atoms with Gasteiger partial charge in [0.1, 0.15) is 5.82 Å². The van der Waals surface area contributed by atoms with Gasteiger partial charge in [-0.2, -0.15) is 0 Å². The molecule has 2 heterocycles. The van der Waals surface area contributed by atoms with Crippen molar-refractivity contribution in [1.82, 2.24) is 15.0 Å². The number of halogens is 2. The van der Waals surface area contributed by atoms with Crippen LogP contribution in [0.25, 0.3) is 0 Å². The Kier molecular flexibility index (Phi) is 5.90. The van der Waals surface area contributed by atoms with E-state index in [-0.39, 0.29) is 17.8 Å². The Hall–Kier alpha value is -1.96. The van der Waals surface area contributed by atoms with Crippen molar-refractivity contribution in [1.29, 1.82) is 0 Å². The van der Waals surface area contributed by atoms with Crippen molar-refractivity contribution in [2.24, 2.45) is 0 Å². The Bertz CT molecular complexity index is 774. The van der Waals surface area contributed by atoms with Crippen LogP contribution >= 0.6 is 11.6 Å². The minimum atomic E-state index is -0.328. The zero-order valence-electron chi connectivity index (χ0n) is 14.8. The van der Waals surface area contributed by atoms with Gasteiger partial charge in [-0.1, -0.05) is 22.8 Å². The molecule has 1 atom stereocenters. The number of hydrogen-bond acceptors (Lipinski definition) is 5. The SMILES string of the molecule is Cc1cc(NC(=O)C(C)N2CCN(Cc3ccc(F)cc3Cl)CC2)on1. The molecule has 1 unspecified atom stereocenters. The molecule has 6 nitrogen and oxygen atoms in total. The predicted molar refractivity (Wildman–Crippen MR) is 97.6 cm³/mol. The van der Waals surface area contributed by atoms with E-state index < -0.39 is 0 Å². The molecule has 26 heavy (non-hydrogen) atoms. The van der Waals surface area contributed by atoms with Crippen LogP contribution in [0, 0.1) is 12.7 Å². The van der Waals surface area contributed by atoms with E-state index in [0.717, 1.165) is 37.4 Å². The van der Waals surface area contributed by atoms with Crippen molar-refractivity contribution in [2.45, 2.75) is 26.4 Å². The number of nitrogens with zero attached hydrogens (tertiary/aromatic N) is 3. The summed E-state index contributed by atoms with van der Waals surface area (Å²) < 4.78 is 18.2. The van der Waals surface area contributed by atoms with Crippen molar-refractivity contribution < 1.29 is 13.7 Å². The van der Waals surface area contributed by atoms with Crippen LogP contribution in [0.2, 0.25) is 5.02 Å². The van der Waals surface area contributed by atoms with E-state index in [9.17, 15) is 9.18 Å². The number of benzene rings is 1. The minimum Gasteiger partial charge on any atom is -0.338 e. The van der Waals surface area contributed by atoms with Crippen LogP contribution in [-0.2, 0) is 11.3 Å². The number of hydrogen-bond donors (Lipinski definition) is 1. The second kappa shape index (κ2) is 8.16. The molecule has 1 saturated heterocycles. The topological polar surface area (TPSA) is 61.6 Å². The van der Waals surface area contributed by atoms with E-state index in [1.165, 1.54) is 12.1 Å². The predicted octanol–water partition coefficient (Wildman–Crippen LogP) is 2.92. The van der Waals surface area contributed by atoms with Crippen LogP contribution in [0.4, 0.5) is 10.3 Å². The Morgan fingerprint density at radius 2 is 2.08 bits per heavy atom. The minimum absolute atomic E-state index is 0.115. The number of aromatic nitrogens is 1. The lowest BCUT2D eigenvalue weighted by atomic mass is 10.1. The van der Waals surface area contributed by atoms with Crippen molar-refractivity contribution in [3.63, 3.8) is 0 Å². The number of piperazine rings is 1. The molecule has 0 spiro atoms. The Morgan fingerprint density at radius 1 is 1.35 bits per heavy atom. The fraction of sp³-hybridized carbons (Fsp3) is 0.444. The second-order valence-corrected chi connectivity index (χ2v) is 6.95. The molecule has 0 aliphatic carbocycles. The summed E-state index contributed by atoms with van der Waals surface area (Å²) in [5.74, 6) is -0.0783. The van der Waals surface area contributed by atoms with Crippen LogP contribution in [0.1, 0.15) is 18.2 Å². The van der Waals surface area contributed by atoms with Gasteiger partial charge in [-0.15, -0.1) is 0 Å². The van der Waals surface area contributed by atoms with Gasteiger partial charge in [0.05, 0.1) is 11.7 Å². The summed E-state index contributed by atoms with van der Waals surface area (Å²) in [6.07, 6.45) is 0. The molecule has 8 heteroatoms. The molecular weight excluding hydrogens is 359 g/mol. The van der Waals surface area contributed by atoms with E-state index >= 15 is 0 Å². The van der Waals surface area contributed by atoms with Crippen molar-refractivity contribution in [3.8, 4) is 0 Å². The van der Waals surface area contributed by atoms with Gasteiger partial charge in [0.2, 0.25) is 11.8 Å². The van der Waals surface area contributed by atoms with E-state index in [1.54, 1.807) is 19.1 Å². The highest BCUT2D eigenvalue weighted by atomic mass is 35.5. The van der Waals surface area contributed by atoms with Gasteiger partial charge in [0.25, 0.3) is 0 Å². The molecule has 0 radical (unpaired) electrons. The Labute approximate surface area is 156 Å². The highest BCUT2D eigenvalue weighted by Gasteiger charge is 2.26. The first-order valence-electron chi connectivity index (χ1n) is 8.57. The quantitative estimate of drug-likeness (QED) is 0.864. The molecule has 1 aromatic heterocycles. The first kappa shape index (κ1) is 18.8. The normalized spacial score (nSPS) is 17.2. The van der Waals surface area contributed by atoms with Crippen molar-refractivity contribution >= 4 is 23.4 Å². The van der Waals surface area contributed by atoms with Gasteiger partial charge < -0.3 is 4.52 Å². The summed E-state index contributed by atoms with van der Waals surface area (Å²) in [7, 11) is 0. The summed E-state index contributed by atoms with van der Waals surface area (Å²) in [6.45, 7) is 7.51. The number of carbonyl (C=O) groups is 1. The lowest BCUT2D eigenvalue weighted by Crippen LogP contribution is -2.52. The molecule has 1 N–H and O–H groups in total. The third-order valence-electron chi connectivity index (χ3n) is 4.62. The molecule has 1 fully saturated rings. The Morgan fingerprint density at radius 3 is 2.69 bits per heavy atom. The second-order valence-electron chi connectivity index (χ2n) is 6.55. The summed E-state index contributed by atoms with van der Waals surface area (Å²) in [6, 6.07) is 5.91. The van der Waals surface area contributed by atoms with Crippen LogP contribution in [-0.4, -0.2) is 53.1 Å².